The monoisotopic (exact) mass is 340 g/mol. The summed E-state index contributed by atoms with van der Waals surface area (Å²) in [6.45, 7) is 7.65. The second-order valence-electron chi connectivity index (χ2n) is 7.77. The van der Waals surface area contributed by atoms with E-state index in [0.29, 0.717) is 0 Å². The third-order valence-electron chi connectivity index (χ3n) is 5.57. The number of para-hydroxylation sites is 2. The van der Waals surface area contributed by atoms with Gasteiger partial charge in [0.2, 0.25) is 0 Å². The van der Waals surface area contributed by atoms with E-state index in [1.54, 1.807) is 0 Å². The van der Waals surface area contributed by atoms with E-state index in [9.17, 15) is 5.11 Å². The maximum absolute atomic E-state index is 11.1. The largest absolute Gasteiger partial charge is 0.387 e. The standard InChI is InChI=1S/C20H28N4O/c1-16-19(22-18-8-3-2-7-17(18)21-16)13-24-12-6-9-20(25,15-24)14-23-10-4-5-11-23/h2-3,7-8,25H,4-6,9-15H2,1H3. The molecule has 3 heterocycles. The molecule has 1 N–H and O–H groups in total. The highest BCUT2D eigenvalue weighted by molar-refractivity contribution is 5.74. The first-order chi connectivity index (χ1) is 12.1. The highest BCUT2D eigenvalue weighted by Crippen LogP contribution is 2.25. The topological polar surface area (TPSA) is 52.5 Å². The van der Waals surface area contributed by atoms with Crippen LogP contribution in [0, 0.1) is 6.92 Å². The number of rotatable bonds is 4. The molecule has 25 heavy (non-hydrogen) atoms. The zero-order valence-corrected chi connectivity index (χ0v) is 15.1. The van der Waals surface area contributed by atoms with Crippen molar-refractivity contribution < 1.29 is 5.11 Å². The molecule has 0 saturated carbocycles. The molecule has 1 atom stereocenters. The van der Waals surface area contributed by atoms with Crippen LogP contribution < -0.4 is 0 Å². The van der Waals surface area contributed by atoms with Crippen LogP contribution in [-0.2, 0) is 6.54 Å². The highest BCUT2D eigenvalue weighted by atomic mass is 16.3. The normalized spacial score (nSPS) is 25.7. The second-order valence-corrected chi connectivity index (χ2v) is 7.77. The van der Waals surface area contributed by atoms with Crippen LogP contribution >= 0.6 is 0 Å². The Morgan fingerprint density at radius 3 is 2.44 bits per heavy atom. The van der Waals surface area contributed by atoms with E-state index in [4.69, 9.17) is 9.97 Å². The molecule has 5 heteroatoms. The summed E-state index contributed by atoms with van der Waals surface area (Å²) >= 11 is 0. The number of aromatic nitrogens is 2. The van der Waals surface area contributed by atoms with Crippen molar-refractivity contribution in [3.05, 3.63) is 35.7 Å². The molecule has 2 aromatic rings. The summed E-state index contributed by atoms with van der Waals surface area (Å²) in [7, 11) is 0. The van der Waals surface area contributed by atoms with E-state index in [2.05, 4.69) is 9.80 Å². The van der Waals surface area contributed by atoms with Crippen molar-refractivity contribution in [3.63, 3.8) is 0 Å². The van der Waals surface area contributed by atoms with Gasteiger partial charge in [0.15, 0.2) is 0 Å². The zero-order valence-electron chi connectivity index (χ0n) is 15.1. The number of nitrogens with zero attached hydrogens (tertiary/aromatic N) is 4. The third-order valence-corrected chi connectivity index (χ3v) is 5.57. The minimum absolute atomic E-state index is 0.583. The molecular formula is C20H28N4O. The number of fused-ring (bicyclic) bond motifs is 1. The van der Waals surface area contributed by atoms with Gasteiger partial charge in [-0.05, 0) is 64.4 Å². The summed E-state index contributed by atoms with van der Waals surface area (Å²) in [4.78, 5) is 14.3. The zero-order chi connectivity index (χ0) is 17.3. The third kappa shape index (κ3) is 3.84. The van der Waals surface area contributed by atoms with Gasteiger partial charge >= 0.3 is 0 Å². The van der Waals surface area contributed by atoms with E-state index in [-0.39, 0.29) is 0 Å². The van der Waals surface area contributed by atoms with Crippen molar-refractivity contribution in [3.8, 4) is 0 Å². The molecule has 2 fully saturated rings. The van der Waals surface area contributed by atoms with Crippen molar-refractivity contribution in [2.45, 2.75) is 44.8 Å². The molecular weight excluding hydrogens is 312 g/mol. The number of hydrogen-bond acceptors (Lipinski definition) is 5. The SMILES string of the molecule is Cc1nc2ccccc2nc1CN1CCCC(O)(CN2CCCC2)C1. The van der Waals surface area contributed by atoms with Gasteiger partial charge in [-0.3, -0.25) is 4.90 Å². The Morgan fingerprint density at radius 2 is 1.68 bits per heavy atom. The van der Waals surface area contributed by atoms with Crippen LogP contribution in [0.5, 0.6) is 0 Å². The Hall–Kier alpha value is -1.56. The average Bonchev–Trinajstić information content (AvgIpc) is 3.08. The Labute approximate surface area is 149 Å². The first kappa shape index (κ1) is 16.9. The van der Waals surface area contributed by atoms with Gasteiger partial charge in [0, 0.05) is 19.6 Å². The predicted molar refractivity (Wildman–Crippen MR) is 99.4 cm³/mol. The number of aryl methyl sites for hydroxylation is 1. The fraction of sp³-hybridized carbons (Fsp3) is 0.600. The molecule has 1 aromatic carbocycles. The van der Waals surface area contributed by atoms with Crippen molar-refractivity contribution >= 4 is 11.0 Å². The molecule has 0 aliphatic carbocycles. The van der Waals surface area contributed by atoms with Gasteiger partial charge in [-0.15, -0.1) is 0 Å². The summed E-state index contributed by atoms with van der Waals surface area (Å²) in [6.07, 6.45) is 4.49. The van der Waals surface area contributed by atoms with E-state index in [1.165, 1.54) is 12.8 Å². The van der Waals surface area contributed by atoms with Crippen LogP contribution in [0.15, 0.2) is 24.3 Å². The Bertz CT molecular complexity index is 744. The number of β-amino-alcohol motifs (C(OH)–C–C–N with tert-alkyl or cyclic N) is 1. The molecule has 134 valence electrons. The van der Waals surface area contributed by atoms with E-state index in [0.717, 1.165) is 74.5 Å². The fourth-order valence-corrected chi connectivity index (χ4v) is 4.31. The van der Waals surface area contributed by atoms with Gasteiger partial charge < -0.3 is 10.0 Å². The van der Waals surface area contributed by atoms with Gasteiger partial charge in [0.25, 0.3) is 0 Å². The van der Waals surface area contributed by atoms with Gasteiger partial charge in [-0.1, -0.05) is 12.1 Å². The van der Waals surface area contributed by atoms with Crippen LogP contribution in [0.25, 0.3) is 11.0 Å². The Morgan fingerprint density at radius 1 is 1.00 bits per heavy atom. The maximum Gasteiger partial charge on any atom is 0.0900 e. The van der Waals surface area contributed by atoms with Crippen LogP contribution in [0.1, 0.15) is 37.1 Å². The predicted octanol–water partition coefficient (Wildman–Crippen LogP) is 2.36. The number of likely N-dealkylation sites (tertiary alicyclic amines) is 2. The van der Waals surface area contributed by atoms with Gasteiger partial charge in [0.1, 0.15) is 0 Å². The Kier molecular flexibility index (Phi) is 4.71. The molecule has 0 spiro atoms. The summed E-state index contributed by atoms with van der Waals surface area (Å²) in [5.74, 6) is 0. The maximum atomic E-state index is 11.1. The molecule has 1 unspecified atom stereocenters. The van der Waals surface area contributed by atoms with Crippen molar-refractivity contribution in [2.75, 3.05) is 32.7 Å². The van der Waals surface area contributed by atoms with Crippen molar-refractivity contribution in [1.29, 1.82) is 0 Å². The molecule has 2 aliphatic rings. The minimum atomic E-state index is -0.583. The lowest BCUT2D eigenvalue weighted by molar-refractivity contribution is -0.0522. The number of piperidine rings is 1. The average molecular weight is 340 g/mol. The second kappa shape index (κ2) is 6.98. The van der Waals surface area contributed by atoms with Crippen molar-refractivity contribution in [1.82, 2.24) is 19.8 Å². The van der Waals surface area contributed by atoms with Crippen LogP contribution in [0.2, 0.25) is 0 Å². The van der Waals surface area contributed by atoms with Gasteiger partial charge in [-0.2, -0.15) is 0 Å². The number of aliphatic hydroxyl groups is 1. The highest BCUT2D eigenvalue weighted by Gasteiger charge is 2.35. The molecule has 0 radical (unpaired) electrons. The van der Waals surface area contributed by atoms with Crippen LogP contribution in [0.3, 0.4) is 0 Å². The smallest absolute Gasteiger partial charge is 0.0900 e. The summed E-state index contributed by atoms with van der Waals surface area (Å²) in [5, 5.41) is 11.1. The Balaban J connectivity index is 1.47. The molecule has 4 rings (SSSR count). The summed E-state index contributed by atoms with van der Waals surface area (Å²) in [5.41, 5.74) is 3.35. The van der Waals surface area contributed by atoms with Crippen molar-refractivity contribution in [2.24, 2.45) is 0 Å². The lowest BCUT2D eigenvalue weighted by atomic mass is 9.92. The van der Waals surface area contributed by atoms with E-state index < -0.39 is 5.60 Å². The van der Waals surface area contributed by atoms with Crippen LogP contribution in [0.4, 0.5) is 0 Å². The molecule has 2 saturated heterocycles. The van der Waals surface area contributed by atoms with Crippen LogP contribution in [-0.4, -0.2) is 63.2 Å². The fourth-order valence-electron chi connectivity index (χ4n) is 4.31. The van der Waals surface area contributed by atoms with Gasteiger partial charge in [0.05, 0.1) is 28.0 Å². The molecule has 0 amide bonds. The quantitative estimate of drug-likeness (QED) is 0.926. The first-order valence-electron chi connectivity index (χ1n) is 9.51. The minimum Gasteiger partial charge on any atom is -0.387 e. The molecule has 0 bridgehead atoms. The molecule has 5 nitrogen and oxygen atoms in total. The lowest BCUT2D eigenvalue weighted by Crippen LogP contribution is -2.53. The summed E-state index contributed by atoms with van der Waals surface area (Å²) in [6, 6.07) is 8.03. The van der Waals surface area contributed by atoms with Gasteiger partial charge in [-0.25, -0.2) is 9.97 Å². The van der Waals surface area contributed by atoms with E-state index in [1.807, 2.05) is 31.2 Å². The van der Waals surface area contributed by atoms with E-state index >= 15 is 0 Å². The first-order valence-corrected chi connectivity index (χ1v) is 9.51. The summed E-state index contributed by atoms with van der Waals surface area (Å²) < 4.78 is 0. The molecule has 1 aromatic heterocycles. The lowest BCUT2D eigenvalue weighted by Gasteiger charge is -2.41. The number of benzene rings is 1. The molecule has 2 aliphatic heterocycles. The number of hydrogen-bond donors (Lipinski definition) is 1.